The van der Waals surface area contributed by atoms with Gasteiger partial charge in [-0.3, -0.25) is 14.2 Å². The highest BCUT2D eigenvalue weighted by Crippen LogP contribution is 2.20. The molecule has 1 aromatic carbocycles. The Labute approximate surface area is 141 Å². The van der Waals surface area contributed by atoms with Gasteiger partial charge in [-0.1, -0.05) is 6.92 Å². The summed E-state index contributed by atoms with van der Waals surface area (Å²) in [5.74, 6) is 1.47. The van der Waals surface area contributed by atoms with Crippen molar-refractivity contribution >= 4 is 16.8 Å². The topological polar surface area (TPSA) is 55.2 Å². The first-order chi connectivity index (χ1) is 11.6. The van der Waals surface area contributed by atoms with Crippen LogP contribution in [0.5, 0.6) is 0 Å². The van der Waals surface area contributed by atoms with Crippen LogP contribution >= 0.6 is 0 Å². The van der Waals surface area contributed by atoms with Gasteiger partial charge in [-0.15, -0.1) is 0 Å². The SMILES string of the molecule is C[C@H]1CCCN(C(=O)c2ccc3c(=O)n4c(nc3c2)CCCC4)C1. The number of aromatic nitrogens is 2. The lowest BCUT2D eigenvalue weighted by Gasteiger charge is -2.31. The zero-order chi connectivity index (χ0) is 16.7. The molecule has 0 aliphatic carbocycles. The Kier molecular flexibility index (Phi) is 3.87. The monoisotopic (exact) mass is 325 g/mol. The molecular formula is C19H23N3O2. The van der Waals surface area contributed by atoms with Gasteiger partial charge < -0.3 is 4.90 Å². The molecular weight excluding hydrogens is 302 g/mol. The number of carbonyl (C=O) groups excluding carboxylic acids is 1. The summed E-state index contributed by atoms with van der Waals surface area (Å²) in [6.45, 7) is 4.58. The Morgan fingerprint density at radius 3 is 2.92 bits per heavy atom. The summed E-state index contributed by atoms with van der Waals surface area (Å²) in [7, 11) is 0. The third-order valence-corrected chi connectivity index (χ3v) is 5.26. The molecule has 1 fully saturated rings. The predicted molar refractivity (Wildman–Crippen MR) is 93.2 cm³/mol. The number of carbonyl (C=O) groups is 1. The maximum atomic E-state index is 12.8. The van der Waals surface area contributed by atoms with Crippen molar-refractivity contribution in [3.63, 3.8) is 0 Å². The minimum absolute atomic E-state index is 0.0280. The van der Waals surface area contributed by atoms with Gasteiger partial charge in [-0.25, -0.2) is 4.98 Å². The molecule has 24 heavy (non-hydrogen) atoms. The van der Waals surface area contributed by atoms with Crippen LogP contribution in [-0.4, -0.2) is 33.4 Å². The molecule has 0 spiro atoms. The van der Waals surface area contributed by atoms with Crippen molar-refractivity contribution < 1.29 is 4.79 Å². The first-order valence-electron chi connectivity index (χ1n) is 8.96. The van der Waals surface area contributed by atoms with Gasteiger partial charge in [-0.05, 0) is 49.8 Å². The van der Waals surface area contributed by atoms with Crippen molar-refractivity contribution in [2.75, 3.05) is 13.1 Å². The Balaban J connectivity index is 1.73. The van der Waals surface area contributed by atoms with Gasteiger partial charge in [0.15, 0.2) is 0 Å². The molecule has 1 atom stereocenters. The molecule has 5 heteroatoms. The summed E-state index contributed by atoms with van der Waals surface area (Å²) in [6, 6.07) is 5.35. The second kappa shape index (κ2) is 6.04. The van der Waals surface area contributed by atoms with E-state index in [1.165, 1.54) is 6.42 Å². The van der Waals surface area contributed by atoms with Crippen LogP contribution in [0.2, 0.25) is 0 Å². The summed E-state index contributed by atoms with van der Waals surface area (Å²) in [6.07, 6.45) is 5.19. The van der Waals surface area contributed by atoms with Crippen LogP contribution in [0, 0.1) is 5.92 Å². The van der Waals surface area contributed by atoms with Crippen molar-refractivity contribution in [3.8, 4) is 0 Å². The van der Waals surface area contributed by atoms with E-state index in [4.69, 9.17) is 0 Å². The van der Waals surface area contributed by atoms with Crippen molar-refractivity contribution in [1.82, 2.24) is 14.5 Å². The first kappa shape index (κ1) is 15.4. The maximum absolute atomic E-state index is 12.8. The average molecular weight is 325 g/mol. The van der Waals surface area contributed by atoms with Crippen LogP contribution in [0.1, 0.15) is 48.8 Å². The minimum atomic E-state index is 0.0280. The molecule has 126 valence electrons. The molecule has 0 N–H and O–H groups in total. The normalized spacial score (nSPS) is 20.9. The van der Waals surface area contributed by atoms with Gasteiger partial charge in [0, 0.05) is 31.6 Å². The van der Waals surface area contributed by atoms with Gasteiger partial charge >= 0.3 is 0 Å². The second-order valence-electron chi connectivity index (χ2n) is 7.17. The fraction of sp³-hybridized carbons (Fsp3) is 0.526. The summed E-state index contributed by atoms with van der Waals surface area (Å²) in [5.41, 5.74) is 1.33. The van der Waals surface area contributed by atoms with Gasteiger partial charge in [0.1, 0.15) is 5.82 Å². The van der Waals surface area contributed by atoms with E-state index in [2.05, 4.69) is 11.9 Å². The number of hydrogen-bond acceptors (Lipinski definition) is 3. The number of fused-ring (bicyclic) bond motifs is 2. The smallest absolute Gasteiger partial charge is 0.261 e. The van der Waals surface area contributed by atoms with E-state index >= 15 is 0 Å². The van der Waals surface area contributed by atoms with E-state index in [-0.39, 0.29) is 11.5 Å². The van der Waals surface area contributed by atoms with Crippen LogP contribution in [0.25, 0.3) is 10.9 Å². The lowest BCUT2D eigenvalue weighted by Crippen LogP contribution is -2.39. The van der Waals surface area contributed by atoms with Gasteiger partial charge in [0.05, 0.1) is 10.9 Å². The van der Waals surface area contributed by atoms with E-state index in [1.54, 1.807) is 22.8 Å². The molecule has 1 aromatic heterocycles. The molecule has 3 heterocycles. The summed E-state index contributed by atoms with van der Waals surface area (Å²) in [5, 5.41) is 0.615. The van der Waals surface area contributed by atoms with Crippen molar-refractivity contribution in [3.05, 3.63) is 39.9 Å². The minimum Gasteiger partial charge on any atom is -0.338 e. The molecule has 2 aliphatic heterocycles. The van der Waals surface area contributed by atoms with E-state index in [0.29, 0.717) is 22.4 Å². The molecule has 0 unspecified atom stereocenters. The molecule has 4 rings (SSSR count). The third kappa shape index (κ3) is 2.62. The molecule has 0 saturated carbocycles. The Morgan fingerprint density at radius 1 is 1.21 bits per heavy atom. The van der Waals surface area contributed by atoms with E-state index in [0.717, 1.165) is 51.1 Å². The average Bonchev–Trinajstić information content (AvgIpc) is 2.61. The Morgan fingerprint density at radius 2 is 2.08 bits per heavy atom. The van der Waals surface area contributed by atoms with Crippen LogP contribution in [0.3, 0.4) is 0 Å². The molecule has 2 aromatic rings. The predicted octanol–water partition coefficient (Wildman–Crippen LogP) is 2.60. The molecule has 2 aliphatic rings. The van der Waals surface area contributed by atoms with Crippen molar-refractivity contribution in [2.45, 2.75) is 45.6 Å². The molecule has 1 amide bonds. The summed E-state index contributed by atoms with van der Waals surface area (Å²) < 4.78 is 1.79. The van der Waals surface area contributed by atoms with Crippen LogP contribution < -0.4 is 5.56 Å². The van der Waals surface area contributed by atoms with Gasteiger partial charge in [-0.2, -0.15) is 0 Å². The molecule has 0 bridgehead atoms. The van der Waals surface area contributed by atoms with E-state index < -0.39 is 0 Å². The Hall–Kier alpha value is -2.17. The lowest BCUT2D eigenvalue weighted by atomic mass is 9.99. The number of hydrogen-bond donors (Lipinski definition) is 0. The molecule has 0 radical (unpaired) electrons. The quantitative estimate of drug-likeness (QED) is 0.810. The van der Waals surface area contributed by atoms with Crippen molar-refractivity contribution in [1.29, 1.82) is 0 Å². The van der Waals surface area contributed by atoms with E-state index in [9.17, 15) is 9.59 Å². The number of amides is 1. The lowest BCUT2D eigenvalue weighted by molar-refractivity contribution is 0.0683. The molecule has 1 saturated heterocycles. The zero-order valence-electron chi connectivity index (χ0n) is 14.1. The second-order valence-corrected chi connectivity index (χ2v) is 7.17. The highest BCUT2D eigenvalue weighted by Gasteiger charge is 2.23. The summed E-state index contributed by atoms with van der Waals surface area (Å²) >= 11 is 0. The number of nitrogens with zero attached hydrogens (tertiary/aromatic N) is 3. The highest BCUT2D eigenvalue weighted by molar-refractivity contribution is 5.97. The number of piperidine rings is 1. The number of benzene rings is 1. The molecule has 5 nitrogen and oxygen atoms in total. The number of likely N-dealkylation sites (tertiary alicyclic amines) is 1. The number of aryl methyl sites for hydroxylation is 1. The fourth-order valence-electron chi connectivity index (χ4n) is 3.93. The highest BCUT2D eigenvalue weighted by atomic mass is 16.2. The van der Waals surface area contributed by atoms with Gasteiger partial charge in [0.2, 0.25) is 0 Å². The third-order valence-electron chi connectivity index (χ3n) is 5.26. The van der Waals surface area contributed by atoms with Gasteiger partial charge in [0.25, 0.3) is 11.5 Å². The largest absolute Gasteiger partial charge is 0.338 e. The van der Waals surface area contributed by atoms with Crippen LogP contribution in [0.15, 0.2) is 23.0 Å². The number of rotatable bonds is 1. The summed E-state index contributed by atoms with van der Waals surface area (Å²) in [4.78, 5) is 32.0. The zero-order valence-corrected chi connectivity index (χ0v) is 14.1. The standard InChI is InChI=1S/C19H23N3O2/c1-13-5-4-9-21(12-13)18(23)14-7-8-15-16(11-14)20-17-6-2-3-10-22(17)19(15)24/h7-8,11,13H,2-6,9-10,12H2,1H3/t13-/m0/s1. The maximum Gasteiger partial charge on any atom is 0.261 e. The first-order valence-corrected chi connectivity index (χ1v) is 8.96. The van der Waals surface area contributed by atoms with Crippen LogP contribution in [-0.2, 0) is 13.0 Å². The van der Waals surface area contributed by atoms with Crippen LogP contribution in [0.4, 0.5) is 0 Å². The fourth-order valence-corrected chi connectivity index (χ4v) is 3.93. The Bertz CT molecular complexity index is 856. The van der Waals surface area contributed by atoms with Crippen molar-refractivity contribution in [2.24, 2.45) is 5.92 Å². The van der Waals surface area contributed by atoms with E-state index in [1.807, 2.05) is 4.90 Å².